The van der Waals surface area contributed by atoms with Crippen molar-refractivity contribution in [3.8, 4) is 11.1 Å². The molecule has 9 heteroatoms. The maximum absolute atomic E-state index is 13.0. The predicted octanol–water partition coefficient (Wildman–Crippen LogP) is 6.19. The number of carbonyl (C=O) groups excluding carboxylic acids is 1. The van der Waals surface area contributed by atoms with Gasteiger partial charge in [0.2, 0.25) is 5.95 Å². The lowest BCUT2D eigenvalue weighted by Gasteiger charge is -2.53. The molecule has 3 fully saturated rings. The molecule has 4 heterocycles. The highest BCUT2D eigenvalue weighted by Crippen LogP contribution is 2.56. The smallest absolute Gasteiger partial charge is 0.433 e. The van der Waals surface area contributed by atoms with Gasteiger partial charge in [0.25, 0.3) is 0 Å². The van der Waals surface area contributed by atoms with E-state index in [0.29, 0.717) is 5.69 Å². The highest BCUT2D eigenvalue weighted by atomic mass is 19.4. The molecule has 2 aliphatic heterocycles. The van der Waals surface area contributed by atoms with Crippen LogP contribution >= 0.6 is 0 Å². The molecule has 182 valence electrons. The zero-order chi connectivity index (χ0) is 25.0. The number of fused-ring (bicyclic) bond motifs is 3. The van der Waals surface area contributed by atoms with Gasteiger partial charge in [-0.05, 0) is 67.0 Å². The van der Waals surface area contributed by atoms with Crippen LogP contribution in [0, 0.1) is 18.3 Å². The third-order valence-electron chi connectivity index (χ3n) is 6.94. The van der Waals surface area contributed by atoms with Gasteiger partial charge in [-0.15, -0.1) is 0 Å². The van der Waals surface area contributed by atoms with E-state index in [1.54, 1.807) is 18.3 Å². The quantitative estimate of drug-likeness (QED) is 0.447. The normalized spacial score (nSPS) is 23.1. The van der Waals surface area contributed by atoms with Crippen molar-refractivity contribution >= 4 is 17.6 Å². The molecule has 3 aromatic rings. The third-order valence-corrected chi connectivity index (χ3v) is 6.94. The van der Waals surface area contributed by atoms with Gasteiger partial charge in [-0.1, -0.05) is 26.0 Å². The Morgan fingerprint density at radius 2 is 1.89 bits per heavy atom. The number of hydrogen-bond acceptors (Lipinski definition) is 6. The summed E-state index contributed by atoms with van der Waals surface area (Å²) in [5.74, 6) is -0.353. The Morgan fingerprint density at radius 3 is 2.54 bits per heavy atom. The molecule has 2 bridgehead atoms. The van der Waals surface area contributed by atoms with Gasteiger partial charge in [0.1, 0.15) is 5.69 Å². The minimum Gasteiger partial charge on any atom is -0.452 e. The number of nitrogens with one attached hydrogen (secondary N) is 1. The lowest BCUT2D eigenvalue weighted by Crippen LogP contribution is -2.54. The number of hydrogen-bond donors (Lipinski definition) is 1. The van der Waals surface area contributed by atoms with Gasteiger partial charge < -0.3 is 10.1 Å². The lowest BCUT2D eigenvalue weighted by molar-refractivity contribution is -0.210. The molecule has 2 aromatic heterocycles. The van der Waals surface area contributed by atoms with Crippen LogP contribution in [0.2, 0.25) is 0 Å². The van der Waals surface area contributed by atoms with Crippen LogP contribution in [0.5, 0.6) is 0 Å². The summed E-state index contributed by atoms with van der Waals surface area (Å²) < 4.78 is 44.8. The number of aryl methyl sites for hydroxylation is 1. The fourth-order valence-corrected chi connectivity index (χ4v) is 5.34. The second-order valence-electron chi connectivity index (χ2n) is 10.1. The maximum Gasteiger partial charge on any atom is 0.433 e. The molecule has 6 nitrogen and oxygen atoms in total. The molecule has 3 aliphatic rings. The SMILES string of the molecule is Cc1cc(Nc2nccc(C(F)(F)F)n2)cc(-c2ccc(C34CCC(C(=O)O3)C(C)(C)C4)nc2)c1. The molecular formula is C26H25F3N4O2. The summed E-state index contributed by atoms with van der Waals surface area (Å²) in [6, 6.07) is 10.2. The Bertz CT molecular complexity index is 1290. The molecule has 35 heavy (non-hydrogen) atoms. The Hall–Kier alpha value is -3.49. The molecule has 0 amide bonds. The summed E-state index contributed by atoms with van der Waals surface area (Å²) in [7, 11) is 0. The second-order valence-corrected chi connectivity index (χ2v) is 10.1. The summed E-state index contributed by atoms with van der Waals surface area (Å²) in [4.78, 5) is 24.7. The summed E-state index contributed by atoms with van der Waals surface area (Å²) in [6.07, 6.45) is 0.548. The average molecular weight is 483 g/mol. The van der Waals surface area contributed by atoms with E-state index in [1.165, 1.54) is 0 Å². The molecule has 1 saturated carbocycles. The first-order valence-corrected chi connectivity index (χ1v) is 11.4. The van der Waals surface area contributed by atoms with Crippen LogP contribution < -0.4 is 5.32 Å². The average Bonchev–Trinajstić information content (AvgIpc) is 2.78. The molecule has 1 N–H and O–H groups in total. The molecule has 0 radical (unpaired) electrons. The predicted molar refractivity (Wildman–Crippen MR) is 124 cm³/mol. The van der Waals surface area contributed by atoms with Crippen LogP contribution in [0.3, 0.4) is 0 Å². The van der Waals surface area contributed by atoms with E-state index in [4.69, 9.17) is 4.74 Å². The topological polar surface area (TPSA) is 77.0 Å². The minimum atomic E-state index is -4.55. The standard InChI is InChI=1S/C26H25F3N4O2/c1-15-10-17(12-18(11-15)32-23-30-9-7-21(33-23)26(27,28)29)16-4-5-20(31-13-16)25-8-6-19(22(34)35-25)24(2,3)14-25/h4-5,7,9-13,19H,6,8,14H2,1-3H3,(H,30,32,33). The van der Waals surface area contributed by atoms with E-state index in [2.05, 4.69) is 34.1 Å². The van der Waals surface area contributed by atoms with E-state index < -0.39 is 17.5 Å². The molecule has 2 unspecified atom stereocenters. The van der Waals surface area contributed by atoms with Crippen LogP contribution in [0.15, 0.2) is 48.8 Å². The largest absolute Gasteiger partial charge is 0.452 e. The number of anilines is 2. The molecule has 1 aromatic carbocycles. The van der Waals surface area contributed by atoms with E-state index in [1.807, 2.05) is 25.1 Å². The summed E-state index contributed by atoms with van der Waals surface area (Å²) >= 11 is 0. The summed E-state index contributed by atoms with van der Waals surface area (Å²) in [5.41, 5.74) is 2.01. The van der Waals surface area contributed by atoms with E-state index >= 15 is 0 Å². The van der Waals surface area contributed by atoms with Crippen molar-refractivity contribution in [2.24, 2.45) is 11.3 Å². The fourth-order valence-electron chi connectivity index (χ4n) is 5.34. The molecule has 6 rings (SSSR count). The monoisotopic (exact) mass is 482 g/mol. The minimum absolute atomic E-state index is 0.0670. The van der Waals surface area contributed by atoms with E-state index in [0.717, 1.165) is 53.9 Å². The second kappa shape index (κ2) is 8.03. The zero-order valence-electron chi connectivity index (χ0n) is 19.6. The number of esters is 1. The van der Waals surface area contributed by atoms with Crippen molar-refractivity contribution in [1.29, 1.82) is 0 Å². The van der Waals surface area contributed by atoms with Crippen molar-refractivity contribution in [2.45, 2.75) is 51.8 Å². The number of aromatic nitrogens is 3. The van der Waals surface area contributed by atoms with E-state index in [9.17, 15) is 18.0 Å². The first kappa shape index (κ1) is 23.3. The van der Waals surface area contributed by atoms with Gasteiger partial charge >= 0.3 is 12.1 Å². The Kier molecular flexibility index (Phi) is 5.34. The molecular weight excluding hydrogens is 457 g/mol. The third kappa shape index (κ3) is 4.35. The molecule has 2 saturated heterocycles. The number of alkyl halides is 3. The van der Waals surface area contributed by atoms with Gasteiger partial charge in [-0.25, -0.2) is 9.97 Å². The highest BCUT2D eigenvalue weighted by Gasteiger charge is 2.57. The van der Waals surface area contributed by atoms with Crippen molar-refractivity contribution in [3.05, 3.63) is 65.7 Å². The summed E-state index contributed by atoms with van der Waals surface area (Å²) in [5, 5.41) is 2.86. The molecule has 2 atom stereocenters. The first-order chi connectivity index (χ1) is 16.5. The van der Waals surface area contributed by atoms with Crippen LogP contribution in [0.4, 0.5) is 24.8 Å². The summed E-state index contributed by atoms with van der Waals surface area (Å²) in [6.45, 7) is 6.11. The van der Waals surface area contributed by atoms with Gasteiger partial charge in [-0.2, -0.15) is 13.2 Å². The van der Waals surface area contributed by atoms with Gasteiger partial charge in [0.05, 0.1) is 11.6 Å². The van der Waals surface area contributed by atoms with Crippen LogP contribution in [-0.2, 0) is 21.3 Å². The Labute approximate surface area is 201 Å². The number of halogens is 3. The van der Waals surface area contributed by atoms with Crippen molar-refractivity contribution < 1.29 is 22.7 Å². The van der Waals surface area contributed by atoms with Gasteiger partial charge in [-0.3, -0.25) is 9.78 Å². The van der Waals surface area contributed by atoms with E-state index in [-0.39, 0.29) is 23.3 Å². The zero-order valence-corrected chi connectivity index (χ0v) is 19.6. The number of carbonyl (C=O) groups is 1. The molecule has 0 spiro atoms. The van der Waals surface area contributed by atoms with Gasteiger partial charge in [0, 0.05) is 23.6 Å². The van der Waals surface area contributed by atoms with Crippen LogP contribution in [0.1, 0.15) is 50.1 Å². The van der Waals surface area contributed by atoms with Crippen molar-refractivity contribution in [1.82, 2.24) is 15.0 Å². The van der Waals surface area contributed by atoms with Gasteiger partial charge in [0.15, 0.2) is 5.60 Å². The number of ether oxygens (including phenoxy) is 1. The number of pyridine rings is 1. The number of rotatable bonds is 4. The lowest BCUT2D eigenvalue weighted by atomic mass is 9.60. The number of nitrogens with zero attached hydrogens (tertiary/aromatic N) is 3. The first-order valence-electron chi connectivity index (χ1n) is 11.4. The Morgan fingerprint density at radius 1 is 1.09 bits per heavy atom. The van der Waals surface area contributed by atoms with Crippen LogP contribution in [0.25, 0.3) is 11.1 Å². The fraction of sp³-hybridized carbons (Fsp3) is 0.385. The Balaban J connectivity index is 1.41. The van der Waals surface area contributed by atoms with Crippen molar-refractivity contribution in [3.63, 3.8) is 0 Å². The highest BCUT2D eigenvalue weighted by molar-refractivity contribution is 5.76. The maximum atomic E-state index is 13.0. The van der Waals surface area contributed by atoms with Crippen molar-refractivity contribution in [2.75, 3.05) is 5.32 Å². The number of benzene rings is 1. The molecule has 1 aliphatic carbocycles. The van der Waals surface area contributed by atoms with Crippen LogP contribution in [-0.4, -0.2) is 20.9 Å².